The van der Waals surface area contributed by atoms with Gasteiger partial charge in [-0.3, -0.25) is 19.2 Å². The van der Waals surface area contributed by atoms with Crippen LogP contribution in [0, 0.1) is 23.7 Å². The summed E-state index contributed by atoms with van der Waals surface area (Å²) < 4.78 is 5.71. The lowest BCUT2D eigenvalue weighted by Crippen LogP contribution is -2.50. The van der Waals surface area contributed by atoms with Gasteiger partial charge in [-0.05, 0) is 30.1 Å². The van der Waals surface area contributed by atoms with Crippen LogP contribution in [0.15, 0.2) is 12.2 Å². The predicted octanol–water partition coefficient (Wildman–Crippen LogP) is 2.75. The first-order chi connectivity index (χ1) is 16.9. The molecule has 2 saturated heterocycles. The van der Waals surface area contributed by atoms with Crippen LogP contribution in [-0.4, -0.2) is 64.3 Å². The standard InChI is InChI=1S/C26H40N2O6S2/c1-14(2)19-11-17(29)10-18(8-6-7-9-35)34-26(33)23(15(3)4)28-25(32)20-12-22(30)21(27-24(19)31)13-36-16(20)5/h6,8,14-16,18-21,23,35H,7,9-13H2,1-5H3,(H,27,31)(H,28,32)/b8-6+/t16?,18-,19-,20?,21-,23+/m1/s1. The number of ketones is 2. The quantitative estimate of drug-likeness (QED) is 0.279. The smallest absolute Gasteiger partial charge is 0.329 e. The first-order valence-electron chi connectivity index (χ1n) is 12.7. The molecule has 0 aliphatic carbocycles. The van der Waals surface area contributed by atoms with Crippen molar-refractivity contribution in [1.82, 2.24) is 10.6 Å². The van der Waals surface area contributed by atoms with Gasteiger partial charge in [0.15, 0.2) is 5.78 Å². The number of ether oxygens (including phenoxy) is 1. The highest BCUT2D eigenvalue weighted by Gasteiger charge is 2.39. The third kappa shape index (κ3) is 8.64. The molecular weight excluding hydrogens is 500 g/mol. The molecule has 2 aliphatic heterocycles. The van der Waals surface area contributed by atoms with Gasteiger partial charge in [0.25, 0.3) is 0 Å². The van der Waals surface area contributed by atoms with E-state index < -0.39 is 41.9 Å². The zero-order valence-corrected chi connectivity index (χ0v) is 23.5. The van der Waals surface area contributed by atoms with Crippen LogP contribution in [0.1, 0.15) is 60.3 Å². The van der Waals surface area contributed by atoms with Gasteiger partial charge in [0.2, 0.25) is 11.8 Å². The number of cyclic esters (lactones) is 1. The molecule has 2 fully saturated rings. The van der Waals surface area contributed by atoms with Crippen LogP contribution in [-0.2, 0) is 28.7 Å². The van der Waals surface area contributed by atoms with Gasteiger partial charge in [-0.25, -0.2) is 4.79 Å². The Labute approximate surface area is 223 Å². The van der Waals surface area contributed by atoms with Crippen molar-refractivity contribution in [3.8, 4) is 0 Å². The number of allylic oxidation sites excluding steroid dienone is 1. The average Bonchev–Trinajstić information content (AvgIpc) is 2.93. The summed E-state index contributed by atoms with van der Waals surface area (Å²) in [5.41, 5.74) is 0. The van der Waals surface area contributed by atoms with E-state index in [-0.39, 0.29) is 53.8 Å². The van der Waals surface area contributed by atoms with Crippen LogP contribution in [0.25, 0.3) is 0 Å². The summed E-state index contributed by atoms with van der Waals surface area (Å²) in [7, 11) is 0. The molecule has 0 spiro atoms. The Balaban J connectivity index is 2.44. The number of thiol groups is 1. The Morgan fingerprint density at radius 3 is 2.31 bits per heavy atom. The van der Waals surface area contributed by atoms with Crippen LogP contribution in [0.5, 0.6) is 0 Å². The van der Waals surface area contributed by atoms with Crippen LogP contribution >= 0.6 is 24.4 Å². The van der Waals surface area contributed by atoms with E-state index >= 15 is 0 Å². The minimum absolute atomic E-state index is 0.0185. The lowest BCUT2D eigenvalue weighted by molar-refractivity contribution is -0.153. The molecule has 36 heavy (non-hydrogen) atoms. The van der Waals surface area contributed by atoms with E-state index in [0.29, 0.717) is 17.9 Å². The summed E-state index contributed by atoms with van der Waals surface area (Å²) in [4.78, 5) is 65.6. The molecule has 2 heterocycles. The summed E-state index contributed by atoms with van der Waals surface area (Å²) in [5, 5.41) is 5.46. The van der Waals surface area contributed by atoms with Gasteiger partial charge in [0.1, 0.15) is 17.9 Å². The summed E-state index contributed by atoms with van der Waals surface area (Å²) in [6.45, 7) is 9.20. The highest BCUT2D eigenvalue weighted by atomic mass is 32.2. The van der Waals surface area contributed by atoms with Crippen LogP contribution in [0.4, 0.5) is 0 Å². The molecule has 0 saturated carbocycles. The third-order valence-corrected chi connectivity index (χ3v) is 8.34. The number of hydrogen-bond donors (Lipinski definition) is 3. The van der Waals surface area contributed by atoms with E-state index in [0.717, 1.165) is 0 Å². The number of hydrogen-bond acceptors (Lipinski definition) is 8. The topological polar surface area (TPSA) is 119 Å². The zero-order chi connectivity index (χ0) is 27.0. The SMILES string of the molecule is CC1SC[C@H]2NC(=O)[C@@H](C(C)C)CC(=O)C[C@@H](/C=C/CCS)OC(=O)[C@H](C(C)C)NC(=O)C1CC2=O. The van der Waals surface area contributed by atoms with Gasteiger partial charge < -0.3 is 15.4 Å². The van der Waals surface area contributed by atoms with Crippen molar-refractivity contribution in [3.05, 3.63) is 12.2 Å². The Hall–Kier alpha value is -1.81. The fraction of sp³-hybridized carbons (Fsp3) is 0.731. The molecule has 0 radical (unpaired) electrons. The fourth-order valence-corrected chi connectivity index (χ4v) is 5.69. The second-order valence-corrected chi connectivity index (χ2v) is 12.2. The van der Waals surface area contributed by atoms with E-state index in [1.165, 1.54) is 11.8 Å². The van der Waals surface area contributed by atoms with Crippen LogP contribution in [0.3, 0.4) is 0 Å². The second-order valence-electron chi connectivity index (χ2n) is 10.3. The predicted molar refractivity (Wildman–Crippen MR) is 144 cm³/mol. The normalized spacial score (nSPS) is 31.5. The number of amides is 2. The van der Waals surface area contributed by atoms with Crippen molar-refractivity contribution in [3.63, 3.8) is 0 Å². The van der Waals surface area contributed by atoms with Crippen LogP contribution in [0.2, 0.25) is 0 Å². The highest BCUT2D eigenvalue weighted by molar-refractivity contribution is 8.00. The maximum atomic E-state index is 13.2. The van der Waals surface area contributed by atoms with Gasteiger partial charge >= 0.3 is 5.97 Å². The molecule has 2 N–H and O–H groups in total. The van der Waals surface area contributed by atoms with Crippen molar-refractivity contribution < 1.29 is 28.7 Å². The van der Waals surface area contributed by atoms with Crippen molar-refractivity contribution in [1.29, 1.82) is 0 Å². The molecule has 2 aliphatic rings. The number of rotatable bonds is 5. The lowest BCUT2D eigenvalue weighted by Gasteiger charge is -2.27. The zero-order valence-electron chi connectivity index (χ0n) is 21.8. The van der Waals surface area contributed by atoms with Crippen LogP contribution < -0.4 is 10.6 Å². The largest absolute Gasteiger partial charge is 0.456 e. The second kappa shape index (κ2) is 14.2. The van der Waals surface area contributed by atoms with E-state index in [9.17, 15) is 24.0 Å². The number of carbonyl (C=O) groups is 5. The van der Waals surface area contributed by atoms with Gasteiger partial charge in [-0.15, -0.1) is 0 Å². The lowest BCUT2D eigenvalue weighted by atomic mass is 9.88. The maximum absolute atomic E-state index is 13.2. The minimum Gasteiger partial charge on any atom is -0.456 e. The molecule has 0 aromatic carbocycles. The summed E-state index contributed by atoms with van der Waals surface area (Å²) in [6.07, 6.45) is 3.16. The Bertz CT molecular complexity index is 859. The number of esters is 1. The number of thioether (sulfide) groups is 1. The van der Waals surface area contributed by atoms with E-state index in [1.807, 2.05) is 20.8 Å². The molecule has 2 amide bonds. The van der Waals surface area contributed by atoms with E-state index in [1.54, 1.807) is 26.0 Å². The number of carbonyl (C=O) groups excluding carboxylic acids is 5. The Morgan fingerprint density at radius 2 is 1.69 bits per heavy atom. The number of Topliss-reactive ketones (excluding diaryl/α,β-unsaturated/α-hetero) is 2. The molecular formula is C26H40N2O6S2. The average molecular weight is 541 g/mol. The maximum Gasteiger partial charge on any atom is 0.329 e. The van der Waals surface area contributed by atoms with Crippen molar-refractivity contribution in [2.24, 2.45) is 23.7 Å². The molecule has 6 atom stereocenters. The molecule has 202 valence electrons. The summed E-state index contributed by atoms with van der Waals surface area (Å²) >= 11 is 5.63. The molecule has 10 heteroatoms. The van der Waals surface area contributed by atoms with E-state index in [2.05, 4.69) is 23.3 Å². The first-order valence-corrected chi connectivity index (χ1v) is 14.4. The van der Waals surface area contributed by atoms with Crippen molar-refractivity contribution in [2.45, 2.75) is 83.7 Å². The van der Waals surface area contributed by atoms with Crippen molar-refractivity contribution in [2.75, 3.05) is 11.5 Å². The summed E-state index contributed by atoms with van der Waals surface area (Å²) in [5.74, 6) is -2.52. The molecule has 0 aromatic heterocycles. The van der Waals surface area contributed by atoms with Gasteiger partial charge in [-0.1, -0.05) is 40.7 Å². The third-order valence-electron chi connectivity index (χ3n) is 6.71. The number of fused-ring (bicyclic) bond motifs is 3. The van der Waals surface area contributed by atoms with Gasteiger partial charge in [0.05, 0.1) is 12.0 Å². The number of nitrogens with one attached hydrogen (secondary N) is 2. The molecule has 0 aromatic rings. The molecule has 2 unspecified atom stereocenters. The first kappa shape index (κ1) is 30.4. The van der Waals surface area contributed by atoms with E-state index in [4.69, 9.17) is 4.74 Å². The highest BCUT2D eigenvalue weighted by Crippen LogP contribution is 2.29. The monoisotopic (exact) mass is 540 g/mol. The molecule has 8 nitrogen and oxygen atoms in total. The minimum atomic E-state index is -0.921. The van der Waals surface area contributed by atoms with Gasteiger partial charge in [-0.2, -0.15) is 24.4 Å². The Kier molecular flexibility index (Phi) is 12.0. The van der Waals surface area contributed by atoms with Gasteiger partial charge in [0, 0.05) is 36.2 Å². The molecule has 2 bridgehead atoms. The summed E-state index contributed by atoms with van der Waals surface area (Å²) in [6, 6.07) is -1.65. The molecule has 2 rings (SSSR count). The Morgan fingerprint density at radius 1 is 1.00 bits per heavy atom. The van der Waals surface area contributed by atoms with Crippen molar-refractivity contribution >= 4 is 53.7 Å². The fourth-order valence-electron chi connectivity index (χ4n) is 4.33.